The number of nitrogens with one attached hydrogen (secondary N) is 1. The molecule has 39 heavy (non-hydrogen) atoms. The van der Waals surface area contributed by atoms with Crippen LogP contribution < -0.4 is 14.8 Å². The van der Waals surface area contributed by atoms with E-state index in [2.05, 4.69) is 11.4 Å². The minimum atomic E-state index is -0.338. The summed E-state index contributed by atoms with van der Waals surface area (Å²) in [5.74, 6) is 1.18. The minimum absolute atomic E-state index is 0.0592. The summed E-state index contributed by atoms with van der Waals surface area (Å²) in [6.07, 6.45) is 0.628. The van der Waals surface area contributed by atoms with Gasteiger partial charge in [0.1, 0.15) is 6.54 Å². The number of methoxy groups -OCH3 is 3. The molecule has 9 heteroatoms. The zero-order valence-electron chi connectivity index (χ0n) is 23.7. The lowest BCUT2D eigenvalue weighted by molar-refractivity contribution is -0.132. The molecule has 0 radical (unpaired) electrons. The van der Waals surface area contributed by atoms with E-state index in [1.54, 1.807) is 32.7 Å². The van der Waals surface area contributed by atoms with E-state index >= 15 is 0 Å². The lowest BCUT2D eigenvalue weighted by Crippen LogP contribution is -2.46. The number of amides is 3. The van der Waals surface area contributed by atoms with Gasteiger partial charge in [-0.1, -0.05) is 12.1 Å². The maximum absolute atomic E-state index is 13.7. The average molecular weight is 554 g/mol. The van der Waals surface area contributed by atoms with Gasteiger partial charge in [-0.2, -0.15) is 0 Å². The van der Waals surface area contributed by atoms with Crippen molar-refractivity contribution in [2.75, 3.05) is 52.9 Å². The predicted octanol–water partition coefficient (Wildman–Crippen LogP) is 5.44. The van der Waals surface area contributed by atoms with Crippen molar-refractivity contribution in [3.8, 4) is 11.5 Å². The number of aryl methyl sites for hydroxylation is 3. The highest BCUT2D eigenvalue weighted by Crippen LogP contribution is 2.28. The summed E-state index contributed by atoms with van der Waals surface area (Å²) in [5, 5.41) is 2.93. The van der Waals surface area contributed by atoms with E-state index in [-0.39, 0.29) is 18.5 Å². The molecule has 0 unspecified atom stereocenters. The van der Waals surface area contributed by atoms with Crippen LogP contribution in [-0.4, -0.2) is 69.3 Å². The highest BCUT2D eigenvalue weighted by Gasteiger charge is 2.22. The molecule has 210 valence electrons. The number of carbonyl (C=O) groups is 2. The number of carbonyl (C=O) groups excluding carboxylic acids is 2. The van der Waals surface area contributed by atoms with E-state index in [1.165, 1.54) is 9.78 Å². The van der Waals surface area contributed by atoms with Crippen molar-refractivity contribution in [1.82, 2.24) is 9.80 Å². The van der Waals surface area contributed by atoms with Gasteiger partial charge in [-0.25, -0.2) is 4.79 Å². The highest BCUT2D eigenvalue weighted by atomic mass is 32.1. The van der Waals surface area contributed by atoms with Crippen LogP contribution in [0.4, 0.5) is 10.5 Å². The summed E-state index contributed by atoms with van der Waals surface area (Å²) < 4.78 is 16.0. The van der Waals surface area contributed by atoms with Crippen molar-refractivity contribution in [1.29, 1.82) is 0 Å². The summed E-state index contributed by atoms with van der Waals surface area (Å²) in [4.78, 5) is 32.5. The standard InChI is InChI=1S/C30H39N3O5S/c1-21-7-10-25(17-22(21)2)31-30(35)33(15-16-36-4)20-29(34)32(19-26-11-8-23(3)39-26)14-13-24-9-12-27(37-5)28(18-24)38-6/h7-12,17-18H,13-16,19-20H2,1-6H3,(H,31,35). The third-order valence-electron chi connectivity index (χ3n) is 6.55. The topological polar surface area (TPSA) is 80.3 Å². The summed E-state index contributed by atoms with van der Waals surface area (Å²) >= 11 is 1.67. The predicted molar refractivity (Wildman–Crippen MR) is 156 cm³/mol. The van der Waals surface area contributed by atoms with Crippen LogP contribution in [0.5, 0.6) is 11.5 Å². The number of nitrogens with zero attached hydrogens (tertiary/aromatic N) is 2. The number of hydrogen-bond donors (Lipinski definition) is 1. The Bertz CT molecular complexity index is 1260. The summed E-state index contributed by atoms with van der Waals surface area (Å²) in [6.45, 7) is 7.59. The quantitative estimate of drug-likeness (QED) is 0.305. The molecule has 0 bridgehead atoms. The van der Waals surface area contributed by atoms with Crippen LogP contribution in [0, 0.1) is 20.8 Å². The molecule has 0 saturated carbocycles. The van der Waals surface area contributed by atoms with Gasteiger partial charge in [0.05, 0.1) is 27.4 Å². The van der Waals surface area contributed by atoms with Gasteiger partial charge in [-0.3, -0.25) is 4.79 Å². The number of benzene rings is 2. The second-order valence-electron chi connectivity index (χ2n) is 9.41. The molecule has 0 atom stereocenters. The molecule has 3 rings (SSSR count). The van der Waals surface area contributed by atoms with Crippen LogP contribution in [-0.2, 0) is 22.5 Å². The fourth-order valence-corrected chi connectivity index (χ4v) is 5.00. The Kier molecular flexibility index (Phi) is 11.2. The first-order valence-corrected chi connectivity index (χ1v) is 13.7. The maximum Gasteiger partial charge on any atom is 0.322 e. The van der Waals surface area contributed by atoms with Gasteiger partial charge in [-0.15, -0.1) is 11.3 Å². The zero-order chi connectivity index (χ0) is 28.4. The van der Waals surface area contributed by atoms with Gasteiger partial charge in [0.2, 0.25) is 5.91 Å². The summed E-state index contributed by atoms with van der Waals surface area (Å²) in [5.41, 5.74) is 3.95. The number of hydrogen-bond acceptors (Lipinski definition) is 6. The normalized spacial score (nSPS) is 10.7. The lowest BCUT2D eigenvalue weighted by Gasteiger charge is -2.28. The third-order valence-corrected chi connectivity index (χ3v) is 7.54. The molecule has 8 nitrogen and oxygen atoms in total. The Morgan fingerprint density at radius 3 is 2.26 bits per heavy atom. The fraction of sp³-hybridized carbons (Fsp3) is 0.400. The largest absolute Gasteiger partial charge is 0.493 e. The summed E-state index contributed by atoms with van der Waals surface area (Å²) in [6, 6.07) is 15.3. The third kappa shape index (κ3) is 8.73. The first kappa shape index (κ1) is 30.0. The molecule has 1 aromatic heterocycles. The van der Waals surface area contributed by atoms with Crippen LogP contribution in [0.15, 0.2) is 48.5 Å². The van der Waals surface area contributed by atoms with Gasteiger partial charge < -0.3 is 29.3 Å². The molecule has 0 aliphatic heterocycles. The number of anilines is 1. The Hall–Kier alpha value is -3.56. The molecule has 3 amide bonds. The van der Waals surface area contributed by atoms with Crippen molar-refractivity contribution in [2.45, 2.75) is 33.7 Å². The van der Waals surface area contributed by atoms with E-state index < -0.39 is 0 Å². The Morgan fingerprint density at radius 1 is 0.846 bits per heavy atom. The van der Waals surface area contributed by atoms with Gasteiger partial charge >= 0.3 is 6.03 Å². The van der Waals surface area contributed by atoms with Crippen molar-refractivity contribution in [3.63, 3.8) is 0 Å². The number of urea groups is 1. The number of rotatable bonds is 13. The first-order chi connectivity index (χ1) is 18.7. The fourth-order valence-electron chi connectivity index (χ4n) is 4.09. The van der Waals surface area contributed by atoms with Gasteiger partial charge in [0, 0.05) is 35.6 Å². The molecule has 0 spiro atoms. The molecular formula is C30H39N3O5S. The number of thiophene rings is 1. The Balaban J connectivity index is 1.76. The summed E-state index contributed by atoms with van der Waals surface area (Å²) in [7, 11) is 4.79. The van der Waals surface area contributed by atoms with Crippen molar-refractivity contribution in [2.24, 2.45) is 0 Å². The molecular weight excluding hydrogens is 514 g/mol. The average Bonchev–Trinajstić information content (AvgIpc) is 3.34. The second kappa shape index (κ2) is 14.6. The van der Waals surface area contributed by atoms with Gasteiger partial charge in [0.25, 0.3) is 0 Å². The van der Waals surface area contributed by atoms with Crippen LogP contribution >= 0.6 is 11.3 Å². The minimum Gasteiger partial charge on any atom is -0.493 e. The molecule has 2 aromatic carbocycles. The van der Waals surface area contributed by atoms with Crippen LogP contribution in [0.1, 0.15) is 26.4 Å². The van der Waals surface area contributed by atoms with E-state index in [0.29, 0.717) is 49.8 Å². The monoisotopic (exact) mass is 553 g/mol. The van der Waals surface area contributed by atoms with E-state index in [1.807, 2.05) is 68.1 Å². The first-order valence-electron chi connectivity index (χ1n) is 12.9. The van der Waals surface area contributed by atoms with Crippen molar-refractivity contribution < 1.29 is 23.8 Å². The van der Waals surface area contributed by atoms with Crippen molar-refractivity contribution >= 4 is 29.0 Å². The Labute approximate surface area is 235 Å². The van der Waals surface area contributed by atoms with Crippen molar-refractivity contribution in [3.05, 3.63) is 75.0 Å². The second-order valence-corrected chi connectivity index (χ2v) is 10.8. The highest BCUT2D eigenvalue weighted by molar-refractivity contribution is 7.11. The van der Waals surface area contributed by atoms with Gasteiger partial charge in [-0.05, 0) is 80.3 Å². The van der Waals surface area contributed by atoms with Gasteiger partial charge in [0.15, 0.2) is 11.5 Å². The van der Waals surface area contributed by atoms with E-state index in [9.17, 15) is 9.59 Å². The SMILES string of the molecule is COCCN(CC(=O)N(CCc1ccc(OC)c(OC)c1)Cc1ccc(C)s1)C(=O)Nc1ccc(C)c(C)c1. The van der Waals surface area contributed by atoms with Crippen LogP contribution in [0.2, 0.25) is 0 Å². The van der Waals surface area contributed by atoms with E-state index in [0.717, 1.165) is 21.6 Å². The smallest absolute Gasteiger partial charge is 0.322 e. The maximum atomic E-state index is 13.7. The molecule has 3 aromatic rings. The van der Waals surface area contributed by atoms with Crippen LogP contribution in [0.3, 0.4) is 0 Å². The lowest BCUT2D eigenvalue weighted by atomic mass is 10.1. The van der Waals surface area contributed by atoms with E-state index in [4.69, 9.17) is 14.2 Å². The van der Waals surface area contributed by atoms with Crippen LogP contribution in [0.25, 0.3) is 0 Å². The number of ether oxygens (including phenoxy) is 3. The molecule has 1 heterocycles. The molecule has 0 saturated heterocycles. The molecule has 0 aliphatic carbocycles. The molecule has 0 aliphatic rings. The molecule has 1 N–H and O–H groups in total. The zero-order valence-corrected chi connectivity index (χ0v) is 24.5. The Morgan fingerprint density at radius 2 is 1.62 bits per heavy atom. The molecule has 0 fully saturated rings.